The molecule has 0 N–H and O–H groups in total. The van der Waals surface area contributed by atoms with Crippen molar-refractivity contribution in [1.29, 1.82) is 0 Å². The molecule has 2 heterocycles. The number of fused-ring (bicyclic) bond motifs is 1. The maximum absolute atomic E-state index is 13.0. The molecule has 0 aromatic heterocycles. The van der Waals surface area contributed by atoms with Gasteiger partial charge in [0.2, 0.25) is 0 Å². The van der Waals surface area contributed by atoms with Gasteiger partial charge in [-0.1, -0.05) is 19.3 Å². The summed E-state index contributed by atoms with van der Waals surface area (Å²) in [7, 11) is 0. The molecule has 1 unspecified atom stereocenters. The van der Waals surface area contributed by atoms with E-state index in [4.69, 9.17) is 4.74 Å². The Morgan fingerprint density at radius 1 is 1.11 bits per heavy atom. The van der Waals surface area contributed by atoms with E-state index in [2.05, 4.69) is 0 Å². The van der Waals surface area contributed by atoms with Gasteiger partial charge in [0, 0.05) is 37.2 Å². The lowest BCUT2D eigenvalue weighted by atomic mass is 9.94. The number of imide groups is 1. The van der Waals surface area contributed by atoms with Gasteiger partial charge >= 0.3 is 0 Å². The number of nitrogens with zero attached hydrogens (tertiary/aromatic N) is 2. The molecule has 1 aliphatic carbocycles. The zero-order valence-corrected chi connectivity index (χ0v) is 16.5. The van der Waals surface area contributed by atoms with Crippen molar-refractivity contribution >= 4 is 17.7 Å². The van der Waals surface area contributed by atoms with Gasteiger partial charge in [0.25, 0.3) is 17.7 Å². The molecule has 0 bridgehead atoms. The first kappa shape index (κ1) is 19.1. The summed E-state index contributed by atoms with van der Waals surface area (Å²) in [6.45, 7) is 4.67. The van der Waals surface area contributed by atoms with E-state index >= 15 is 0 Å². The van der Waals surface area contributed by atoms with E-state index < -0.39 is 0 Å². The number of carbonyl (C=O) groups excluding carboxylic acids is 3. The molecular formula is C22H28N2O4. The minimum absolute atomic E-state index is 0.00481. The Hall–Kier alpha value is -2.21. The van der Waals surface area contributed by atoms with Crippen molar-refractivity contribution in [3.8, 4) is 0 Å². The van der Waals surface area contributed by atoms with Gasteiger partial charge in [-0.25, -0.2) is 0 Å². The molecule has 2 aliphatic heterocycles. The molecule has 6 nitrogen and oxygen atoms in total. The van der Waals surface area contributed by atoms with Crippen LogP contribution in [0.3, 0.4) is 0 Å². The van der Waals surface area contributed by atoms with E-state index in [1.807, 2.05) is 6.92 Å². The Morgan fingerprint density at radius 3 is 2.54 bits per heavy atom. The Balaban J connectivity index is 1.54. The highest BCUT2D eigenvalue weighted by molar-refractivity contribution is 6.22. The third-order valence-electron chi connectivity index (χ3n) is 6.28. The number of benzene rings is 1. The summed E-state index contributed by atoms with van der Waals surface area (Å²) in [5.74, 6) is -0.174. The van der Waals surface area contributed by atoms with Crippen molar-refractivity contribution in [3.05, 3.63) is 34.9 Å². The second kappa shape index (κ2) is 8.03. The van der Waals surface area contributed by atoms with Crippen LogP contribution >= 0.6 is 0 Å². The largest absolute Gasteiger partial charge is 0.381 e. The van der Waals surface area contributed by atoms with Gasteiger partial charge in [0.1, 0.15) is 0 Å². The predicted molar refractivity (Wildman–Crippen MR) is 104 cm³/mol. The van der Waals surface area contributed by atoms with Crippen molar-refractivity contribution < 1.29 is 19.1 Å². The molecule has 0 radical (unpaired) electrons. The molecule has 150 valence electrons. The predicted octanol–water partition coefficient (Wildman–Crippen LogP) is 3.11. The van der Waals surface area contributed by atoms with Gasteiger partial charge in [-0.15, -0.1) is 0 Å². The molecule has 1 saturated carbocycles. The van der Waals surface area contributed by atoms with Crippen molar-refractivity contribution in [2.24, 2.45) is 5.92 Å². The van der Waals surface area contributed by atoms with Gasteiger partial charge < -0.3 is 9.64 Å². The molecule has 1 saturated heterocycles. The highest BCUT2D eigenvalue weighted by atomic mass is 16.5. The van der Waals surface area contributed by atoms with Gasteiger partial charge in [-0.2, -0.15) is 0 Å². The molecule has 2 fully saturated rings. The minimum Gasteiger partial charge on any atom is -0.381 e. The Morgan fingerprint density at radius 2 is 1.86 bits per heavy atom. The van der Waals surface area contributed by atoms with Crippen LogP contribution in [-0.4, -0.2) is 59.9 Å². The number of ether oxygens (including phenoxy) is 1. The molecule has 3 aliphatic rings. The number of hydrogen-bond acceptors (Lipinski definition) is 4. The second-order valence-electron chi connectivity index (χ2n) is 8.11. The lowest BCUT2D eigenvalue weighted by molar-refractivity contribution is 0.0548. The number of amides is 3. The summed E-state index contributed by atoms with van der Waals surface area (Å²) in [6.07, 6.45) is 6.00. The van der Waals surface area contributed by atoms with Gasteiger partial charge in [-0.3, -0.25) is 19.3 Å². The van der Waals surface area contributed by atoms with Crippen LogP contribution < -0.4 is 0 Å². The fourth-order valence-corrected chi connectivity index (χ4v) is 4.64. The molecule has 4 rings (SSSR count). The fraction of sp³-hybridized carbons (Fsp3) is 0.591. The number of carbonyl (C=O) groups is 3. The van der Waals surface area contributed by atoms with Gasteiger partial charge in [0.15, 0.2) is 0 Å². The first-order valence-corrected chi connectivity index (χ1v) is 10.5. The van der Waals surface area contributed by atoms with Crippen LogP contribution in [0.1, 0.15) is 76.5 Å². The van der Waals surface area contributed by atoms with Crippen molar-refractivity contribution in [2.75, 3.05) is 26.3 Å². The lowest BCUT2D eigenvalue weighted by Crippen LogP contribution is -2.40. The standard InChI is InChI=1S/C22H28N2O4/c1-2-23(13-15-10-11-28-14-15)20(25)16-8-9-18-19(12-16)22(27)24(21(18)26)17-6-4-3-5-7-17/h8-9,12,15,17H,2-7,10-11,13-14H2,1H3. The van der Waals surface area contributed by atoms with E-state index in [0.29, 0.717) is 42.3 Å². The molecule has 6 heteroatoms. The normalized spacial score (nSPS) is 22.6. The van der Waals surface area contributed by atoms with Crippen LogP contribution in [0.2, 0.25) is 0 Å². The molecule has 1 aromatic rings. The maximum atomic E-state index is 13.0. The Kier molecular flexibility index (Phi) is 5.49. The summed E-state index contributed by atoms with van der Waals surface area (Å²) >= 11 is 0. The number of hydrogen-bond donors (Lipinski definition) is 0. The third-order valence-corrected chi connectivity index (χ3v) is 6.28. The summed E-state index contributed by atoms with van der Waals surface area (Å²) in [4.78, 5) is 42.0. The first-order chi connectivity index (χ1) is 13.6. The average Bonchev–Trinajstić information content (AvgIpc) is 3.33. The monoisotopic (exact) mass is 384 g/mol. The van der Waals surface area contributed by atoms with Crippen LogP contribution in [-0.2, 0) is 4.74 Å². The Bertz CT molecular complexity index is 779. The maximum Gasteiger partial charge on any atom is 0.261 e. The number of rotatable bonds is 5. The topological polar surface area (TPSA) is 66.9 Å². The highest BCUT2D eigenvalue weighted by Crippen LogP contribution is 2.31. The third kappa shape index (κ3) is 3.46. The van der Waals surface area contributed by atoms with Crippen molar-refractivity contribution in [1.82, 2.24) is 9.80 Å². The quantitative estimate of drug-likeness (QED) is 0.732. The summed E-state index contributed by atoms with van der Waals surface area (Å²) in [6, 6.07) is 4.95. The lowest BCUT2D eigenvalue weighted by Gasteiger charge is -2.29. The molecule has 1 atom stereocenters. The summed E-state index contributed by atoms with van der Waals surface area (Å²) in [5.41, 5.74) is 1.28. The van der Waals surface area contributed by atoms with Crippen LogP contribution in [0.5, 0.6) is 0 Å². The zero-order chi connectivity index (χ0) is 19.7. The summed E-state index contributed by atoms with van der Waals surface area (Å²) < 4.78 is 5.42. The van der Waals surface area contributed by atoms with Crippen LogP contribution in [0.25, 0.3) is 0 Å². The minimum atomic E-state index is -0.242. The second-order valence-corrected chi connectivity index (χ2v) is 8.11. The van der Waals surface area contributed by atoms with E-state index in [1.165, 1.54) is 4.90 Å². The van der Waals surface area contributed by atoms with Gasteiger partial charge in [-0.05, 0) is 44.4 Å². The highest BCUT2D eigenvalue weighted by Gasteiger charge is 2.40. The molecule has 1 aromatic carbocycles. The van der Waals surface area contributed by atoms with Crippen molar-refractivity contribution in [3.63, 3.8) is 0 Å². The average molecular weight is 384 g/mol. The fourth-order valence-electron chi connectivity index (χ4n) is 4.64. The molecule has 0 spiro atoms. The van der Waals surface area contributed by atoms with Crippen LogP contribution in [0.4, 0.5) is 0 Å². The molecular weight excluding hydrogens is 356 g/mol. The van der Waals surface area contributed by atoms with Gasteiger partial charge in [0.05, 0.1) is 17.7 Å². The Labute approximate surface area is 165 Å². The van der Waals surface area contributed by atoms with E-state index in [-0.39, 0.29) is 23.8 Å². The van der Waals surface area contributed by atoms with Crippen molar-refractivity contribution in [2.45, 2.75) is 51.5 Å². The van der Waals surface area contributed by atoms with Crippen LogP contribution in [0.15, 0.2) is 18.2 Å². The van der Waals surface area contributed by atoms with Crippen LogP contribution in [0, 0.1) is 5.92 Å². The van der Waals surface area contributed by atoms with E-state index in [1.54, 1.807) is 23.1 Å². The smallest absolute Gasteiger partial charge is 0.261 e. The molecule has 28 heavy (non-hydrogen) atoms. The first-order valence-electron chi connectivity index (χ1n) is 10.5. The summed E-state index contributed by atoms with van der Waals surface area (Å²) in [5, 5.41) is 0. The SMILES string of the molecule is CCN(CC1CCOC1)C(=O)c1ccc2c(c1)C(=O)N(C1CCCCC1)C2=O. The van der Waals surface area contributed by atoms with E-state index in [9.17, 15) is 14.4 Å². The van der Waals surface area contributed by atoms with E-state index in [0.717, 1.165) is 45.1 Å². The zero-order valence-electron chi connectivity index (χ0n) is 16.5. The molecule has 3 amide bonds.